The minimum atomic E-state index is -0.311. The van der Waals surface area contributed by atoms with Gasteiger partial charge in [0, 0.05) is 31.4 Å². The number of hydrogen-bond donors (Lipinski definition) is 1. The molecule has 8 nitrogen and oxygen atoms in total. The summed E-state index contributed by atoms with van der Waals surface area (Å²) in [6.45, 7) is 5.88. The lowest BCUT2D eigenvalue weighted by atomic mass is 10.1. The summed E-state index contributed by atoms with van der Waals surface area (Å²) < 4.78 is 7.23. The van der Waals surface area contributed by atoms with E-state index in [9.17, 15) is 9.59 Å². The monoisotopic (exact) mass is 371 g/mol. The van der Waals surface area contributed by atoms with Gasteiger partial charge in [-0.1, -0.05) is 6.92 Å². The highest BCUT2D eigenvalue weighted by molar-refractivity contribution is 5.94. The molecule has 0 aromatic carbocycles. The van der Waals surface area contributed by atoms with Crippen LogP contribution in [0.3, 0.4) is 0 Å². The first-order chi connectivity index (χ1) is 13.1. The standard InChI is InChI=1S/C19H25N5O3/c1-3-8-24-17(6-7-21-24)19(26)23-9-10-27-13-16(23)11-18(25)22-15-5-4-14(2)20-12-15/h4-7,12,16H,3,8-11,13H2,1-2H3,(H,22,25)/t16-/m0/s1. The maximum absolute atomic E-state index is 13.0. The predicted octanol–water partition coefficient (Wildman–Crippen LogP) is 1.87. The van der Waals surface area contributed by atoms with E-state index in [4.69, 9.17) is 4.74 Å². The first kappa shape index (κ1) is 19.0. The molecule has 0 radical (unpaired) electrons. The van der Waals surface area contributed by atoms with Crippen molar-refractivity contribution in [2.75, 3.05) is 25.1 Å². The van der Waals surface area contributed by atoms with Crippen LogP contribution in [0.15, 0.2) is 30.6 Å². The lowest BCUT2D eigenvalue weighted by Gasteiger charge is -2.35. The molecule has 1 saturated heterocycles. The summed E-state index contributed by atoms with van der Waals surface area (Å²) in [6.07, 6.45) is 4.31. The van der Waals surface area contributed by atoms with Crippen molar-refractivity contribution in [2.45, 2.75) is 39.3 Å². The van der Waals surface area contributed by atoms with E-state index >= 15 is 0 Å². The van der Waals surface area contributed by atoms with Gasteiger partial charge in [-0.3, -0.25) is 19.3 Å². The van der Waals surface area contributed by atoms with Gasteiger partial charge in [0.2, 0.25) is 5.91 Å². The third-order valence-electron chi connectivity index (χ3n) is 4.48. The number of aromatic nitrogens is 3. The second kappa shape index (κ2) is 8.77. The van der Waals surface area contributed by atoms with Gasteiger partial charge in [0.1, 0.15) is 5.69 Å². The zero-order chi connectivity index (χ0) is 19.2. The summed E-state index contributed by atoms with van der Waals surface area (Å²) in [5, 5.41) is 7.05. The van der Waals surface area contributed by atoms with Crippen molar-refractivity contribution < 1.29 is 14.3 Å². The van der Waals surface area contributed by atoms with Gasteiger partial charge in [0.25, 0.3) is 5.91 Å². The molecule has 0 saturated carbocycles. The van der Waals surface area contributed by atoms with Crippen LogP contribution >= 0.6 is 0 Å². The molecule has 1 fully saturated rings. The van der Waals surface area contributed by atoms with Gasteiger partial charge in [-0.25, -0.2) is 0 Å². The molecule has 2 amide bonds. The molecule has 3 rings (SSSR count). The third kappa shape index (κ3) is 4.71. The van der Waals surface area contributed by atoms with Crippen molar-refractivity contribution in [3.8, 4) is 0 Å². The van der Waals surface area contributed by atoms with Crippen LogP contribution in [0.25, 0.3) is 0 Å². The van der Waals surface area contributed by atoms with Crippen LogP contribution in [-0.4, -0.2) is 57.3 Å². The van der Waals surface area contributed by atoms with Gasteiger partial charge >= 0.3 is 0 Å². The number of pyridine rings is 1. The van der Waals surface area contributed by atoms with E-state index in [0.717, 1.165) is 12.1 Å². The fraction of sp³-hybridized carbons (Fsp3) is 0.474. The number of carbonyl (C=O) groups excluding carboxylic acids is 2. The average molecular weight is 371 g/mol. The van der Waals surface area contributed by atoms with E-state index in [-0.39, 0.29) is 24.3 Å². The predicted molar refractivity (Wildman–Crippen MR) is 100 cm³/mol. The van der Waals surface area contributed by atoms with E-state index in [1.54, 1.807) is 28.0 Å². The summed E-state index contributed by atoms with van der Waals surface area (Å²) >= 11 is 0. The summed E-state index contributed by atoms with van der Waals surface area (Å²) in [5.74, 6) is -0.282. The molecule has 8 heteroatoms. The lowest BCUT2D eigenvalue weighted by molar-refractivity contribution is -0.118. The van der Waals surface area contributed by atoms with Gasteiger partial charge in [-0.15, -0.1) is 0 Å². The number of morpholine rings is 1. The van der Waals surface area contributed by atoms with Crippen molar-refractivity contribution in [3.05, 3.63) is 42.0 Å². The van der Waals surface area contributed by atoms with Gasteiger partial charge < -0.3 is 15.0 Å². The van der Waals surface area contributed by atoms with Crippen LogP contribution in [0.5, 0.6) is 0 Å². The minimum Gasteiger partial charge on any atom is -0.377 e. The second-order valence-electron chi connectivity index (χ2n) is 6.61. The Hall–Kier alpha value is -2.74. The van der Waals surface area contributed by atoms with Crippen molar-refractivity contribution in [3.63, 3.8) is 0 Å². The number of rotatable bonds is 6. The molecule has 144 valence electrons. The second-order valence-corrected chi connectivity index (χ2v) is 6.61. The maximum atomic E-state index is 13.0. The van der Waals surface area contributed by atoms with Crippen LogP contribution in [-0.2, 0) is 16.1 Å². The number of ether oxygens (including phenoxy) is 1. The minimum absolute atomic E-state index is 0.112. The molecule has 0 bridgehead atoms. The molecule has 1 atom stereocenters. The summed E-state index contributed by atoms with van der Waals surface area (Å²) in [4.78, 5) is 31.3. The van der Waals surface area contributed by atoms with E-state index in [2.05, 4.69) is 15.4 Å². The average Bonchev–Trinajstić information content (AvgIpc) is 3.12. The zero-order valence-electron chi connectivity index (χ0n) is 15.7. The quantitative estimate of drug-likeness (QED) is 0.837. The fourth-order valence-corrected chi connectivity index (χ4v) is 3.11. The third-order valence-corrected chi connectivity index (χ3v) is 4.48. The molecule has 2 aromatic rings. The largest absolute Gasteiger partial charge is 0.377 e. The van der Waals surface area contributed by atoms with Crippen molar-refractivity contribution in [1.29, 1.82) is 0 Å². The molecule has 0 unspecified atom stereocenters. The zero-order valence-corrected chi connectivity index (χ0v) is 15.7. The van der Waals surface area contributed by atoms with Gasteiger partial charge in [0.15, 0.2) is 0 Å². The number of amides is 2. The number of anilines is 1. The highest BCUT2D eigenvalue weighted by Crippen LogP contribution is 2.16. The van der Waals surface area contributed by atoms with Gasteiger partial charge in [-0.2, -0.15) is 5.10 Å². The fourth-order valence-electron chi connectivity index (χ4n) is 3.11. The Labute approximate surface area is 158 Å². The van der Waals surface area contributed by atoms with Crippen molar-refractivity contribution >= 4 is 17.5 Å². The maximum Gasteiger partial charge on any atom is 0.272 e. The highest BCUT2D eigenvalue weighted by atomic mass is 16.5. The lowest BCUT2D eigenvalue weighted by Crippen LogP contribution is -2.50. The molecule has 0 aliphatic carbocycles. The molecular weight excluding hydrogens is 346 g/mol. The Morgan fingerprint density at radius 3 is 2.93 bits per heavy atom. The Bertz CT molecular complexity index is 787. The van der Waals surface area contributed by atoms with E-state index in [0.29, 0.717) is 37.7 Å². The van der Waals surface area contributed by atoms with Gasteiger partial charge in [-0.05, 0) is 31.5 Å². The molecule has 27 heavy (non-hydrogen) atoms. The van der Waals surface area contributed by atoms with Crippen LogP contribution in [0.1, 0.15) is 35.9 Å². The number of nitrogens with zero attached hydrogens (tertiary/aromatic N) is 4. The van der Waals surface area contributed by atoms with E-state index < -0.39 is 0 Å². The molecule has 1 aliphatic rings. The molecule has 2 aromatic heterocycles. The number of carbonyl (C=O) groups is 2. The highest BCUT2D eigenvalue weighted by Gasteiger charge is 2.31. The molecular formula is C19H25N5O3. The Morgan fingerprint density at radius 2 is 2.19 bits per heavy atom. The molecule has 1 N–H and O–H groups in total. The van der Waals surface area contributed by atoms with E-state index in [1.807, 2.05) is 26.0 Å². The number of nitrogens with one attached hydrogen (secondary N) is 1. The normalized spacial score (nSPS) is 17.0. The Morgan fingerprint density at radius 1 is 1.33 bits per heavy atom. The number of hydrogen-bond acceptors (Lipinski definition) is 5. The SMILES string of the molecule is CCCn1nccc1C(=O)N1CCOC[C@@H]1CC(=O)Nc1ccc(C)nc1. The van der Waals surface area contributed by atoms with Crippen LogP contribution in [0, 0.1) is 6.92 Å². The van der Waals surface area contributed by atoms with Gasteiger partial charge in [0.05, 0.1) is 31.1 Å². The summed E-state index contributed by atoms with van der Waals surface area (Å²) in [5.41, 5.74) is 2.07. The Balaban J connectivity index is 1.67. The summed E-state index contributed by atoms with van der Waals surface area (Å²) in [7, 11) is 0. The van der Waals surface area contributed by atoms with Crippen LogP contribution < -0.4 is 5.32 Å². The van der Waals surface area contributed by atoms with E-state index in [1.165, 1.54) is 0 Å². The Kier molecular flexibility index (Phi) is 6.18. The molecule has 1 aliphatic heterocycles. The first-order valence-corrected chi connectivity index (χ1v) is 9.21. The first-order valence-electron chi connectivity index (χ1n) is 9.21. The molecule has 0 spiro atoms. The number of aryl methyl sites for hydroxylation is 2. The smallest absolute Gasteiger partial charge is 0.272 e. The molecule has 3 heterocycles. The van der Waals surface area contributed by atoms with Crippen molar-refractivity contribution in [1.82, 2.24) is 19.7 Å². The summed E-state index contributed by atoms with van der Waals surface area (Å²) in [6, 6.07) is 5.06. The topological polar surface area (TPSA) is 89.4 Å². The van der Waals surface area contributed by atoms with Crippen LogP contribution in [0.2, 0.25) is 0 Å². The van der Waals surface area contributed by atoms with Crippen molar-refractivity contribution in [2.24, 2.45) is 0 Å². The van der Waals surface area contributed by atoms with Crippen LogP contribution in [0.4, 0.5) is 5.69 Å².